The van der Waals surface area contributed by atoms with Gasteiger partial charge in [-0.15, -0.1) is 0 Å². The molecule has 96 valence electrons. The Morgan fingerprint density at radius 2 is 2.22 bits per heavy atom. The quantitative estimate of drug-likeness (QED) is 0.733. The first kappa shape index (κ1) is 12.9. The predicted octanol–water partition coefficient (Wildman–Crippen LogP) is 1.12. The number of nitrogen functional groups attached to an aromatic ring is 1. The number of aromatic amines is 1. The van der Waals surface area contributed by atoms with Crippen LogP contribution in [0.3, 0.4) is 0 Å². The van der Waals surface area contributed by atoms with Gasteiger partial charge in [-0.05, 0) is 18.2 Å². The van der Waals surface area contributed by atoms with Gasteiger partial charge in [0.05, 0.1) is 12.2 Å². The Balaban J connectivity index is 2.22. The van der Waals surface area contributed by atoms with Crippen LogP contribution in [0.5, 0.6) is 0 Å². The Kier molecular flexibility index (Phi) is 3.55. The molecule has 0 unspecified atom stereocenters. The third-order valence-corrected chi connectivity index (χ3v) is 3.94. The minimum atomic E-state index is -3.71. The summed E-state index contributed by atoms with van der Waals surface area (Å²) in [5.41, 5.74) is 5.77. The Morgan fingerprint density at radius 1 is 1.44 bits per heavy atom. The molecule has 0 radical (unpaired) electrons. The number of nitrogens with one attached hydrogen (secondary N) is 2. The highest BCUT2D eigenvalue weighted by Crippen LogP contribution is 2.22. The van der Waals surface area contributed by atoms with Crippen molar-refractivity contribution in [3.63, 3.8) is 0 Å². The maximum atomic E-state index is 12.0. The van der Waals surface area contributed by atoms with E-state index in [4.69, 9.17) is 17.3 Å². The molecule has 1 aromatic heterocycles. The SMILES string of the molecule is Nc1ccc(Cl)cc1S(=O)(=O)NCc1ncc[nH]1. The molecule has 0 saturated heterocycles. The molecule has 0 amide bonds. The van der Waals surface area contributed by atoms with Gasteiger partial charge in [0, 0.05) is 17.4 Å². The number of sulfonamides is 1. The van der Waals surface area contributed by atoms with Crippen LogP contribution in [0.15, 0.2) is 35.5 Å². The molecule has 0 atom stereocenters. The second-order valence-electron chi connectivity index (χ2n) is 3.54. The molecular formula is C10H11ClN4O2S. The minimum Gasteiger partial charge on any atom is -0.398 e. The molecule has 0 spiro atoms. The molecule has 1 heterocycles. The zero-order chi connectivity index (χ0) is 13.2. The number of imidazole rings is 1. The van der Waals surface area contributed by atoms with Crippen molar-refractivity contribution in [2.75, 3.05) is 5.73 Å². The van der Waals surface area contributed by atoms with E-state index in [0.717, 1.165) is 0 Å². The van der Waals surface area contributed by atoms with Gasteiger partial charge in [-0.25, -0.2) is 18.1 Å². The van der Waals surface area contributed by atoms with Gasteiger partial charge >= 0.3 is 0 Å². The molecule has 6 nitrogen and oxygen atoms in total. The predicted molar refractivity (Wildman–Crippen MR) is 68.5 cm³/mol. The second-order valence-corrected chi connectivity index (χ2v) is 5.71. The van der Waals surface area contributed by atoms with Crippen molar-refractivity contribution in [3.8, 4) is 0 Å². The molecule has 4 N–H and O–H groups in total. The molecule has 0 aliphatic rings. The second kappa shape index (κ2) is 4.97. The summed E-state index contributed by atoms with van der Waals surface area (Å²) in [7, 11) is -3.71. The standard InChI is InChI=1S/C10H11ClN4O2S/c11-7-1-2-8(12)9(5-7)18(16,17)15-6-10-13-3-4-14-10/h1-5,15H,6,12H2,(H,13,14). The Morgan fingerprint density at radius 3 is 2.89 bits per heavy atom. The normalized spacial score (nSPS) is 11.6. The maximum Gasteiger partial charge on any atom is 0.243 e. The summed E-state index contributed by atoms with van der Waals surface area (Å²) in [5.74, 6) is 0.513. The smallest absolute Gasteiger partial charge is 0.243 e. The molecule has 1 aromatic carbocycles. The van der Waals surface area contributed by atoms with Gasteiger partial charge in [-0.2, -0.15) is 0 Å². The lowest BCUT2D eigenvalue weighted by Crippen LogP contribution is -2.24. The molecule has 18 heavy (non-hydrogen) atoms. The summed E-state index contributed by atoms with van der Waals surface area (Å²) in [5, 5.41) is 0.308. The van der Waals surface area contributed by atoms with Crippen LogP contribution >= 0.6 is 11.6 Å². The molecule has 8 heteroatoms. The number of rotatable bonds is 4. The van der Waals surface area contributed by atoms with Crippen molar-refractivity contribution < 1.29 is 8.42 Å². The Hall–Kier alpha value is -1.57. The van der Waals surface area contributed by atoms with Crippen LogP contribution in [-0.2, 0) is 16.6 Å². The zero-order valence-corrected chi connectivity index (χ0v) is 10.8. The van der Waals surface area contributed by atoms with Crippen LogP contribution in [0.25, 0.3) is 0 Å². The minimum absolute atomic E-state index is 0.0402. The summed E-state index contributed by atoms with van der Waals surface area (Å²) < 4.78 is 26.4. The van der Waals surface area contributed by atoms with E-state index in [1.165, 1.54) is 24.4 Å². The van der Waals surface area contributed by atoms with E-state index in [2.05, 4.69) is 14.7 Å². The number of nitrogens with two attached hydrogens (primary N) is 1. The molecule has 0 saturated carbocycles. The first-order chi connectivity index (χ1) is 8.49. The molecular weight excluding hydrogens is 276 g/mol. The summed E-state index contributed by atoms with van der Waals surface area (Å²) >= 11 is 5.76. The first-order valence-electron chi connectivity index (χ1n) is 5.02. The van der Waals surface area contributed by atoms with Gasteiger partial charge < -0.3 is 10.7 Å². The van der Waals surface area contributed by atoms with Crippen LogP contribution in [0.2, 0.25) is 5.02 Å². The molecule has 2 aromatic rings. The van der Waals surface area contributed by atoms with E-state index < -0.39 is 10.0 Å². The molecule has 0 bridgehead atoms. The van der Waals surface area contributed by atoms with Gasteiger partial charge in [0.1, 0.15) is 10.7 Å². The highest BCUT2D eigenvalue weighted by Gasteiger charge is 2.17. The maximum absolute atomic E-state index is 12.0. The van der Waals surface area contributed by atoms with Gasteiger partial charge in [0.25, 0.3) is 0 Å². The first-order valence-corrected chi connectivity index (χ1v) is 6.88. The van der Waals surface area contributed by atoms with E-state index >= 15 is 0 Å². The monoisotopic (exact) mass is 286 g/mol. The highest BCUT2D eigenvalue weighted by atomic mass is 35.5. The van der Waals surface area contributed by atoms with Gasteiger partial charge in [0.2, 0.25) is 10.0 Å². The number of nitrogens with zero attached hydrogens (tertiary/aromatic N) is 1. The van der Waals surface area contributed by atoms with Gasteiger partial charge in [-0.3, -0.25) is 0 Å². The van der Waals surface area contributed by atoms with Crippen molar-refractivity contribution >= 4 is 27.3 Å². The zero-order valence-electron chi connectivity index (χ0n) is 9.22. The van der Waals surface area contributed by atoms with Crippen molar-refractivity contribution in [3.05, 3.63) is 41.4 Å². The molecule has 0 fully saturated rings. The Labute approximate surface area is 109 Å². The fourth-order valence-electron chi connectivity index (χ4n) is 1.38. The molecule has 0 aliphatic heterocycles. The largest absolute Gasteiger partial charge is 0.398 e. The molecule has 0 aliphatic carbocycles. The summed E-state index contributed by atoms with van der Waals surface area (Å²) in [6.07, 6.45) is 3.15. The highest BCUT2D eigenvalue weighted by molar-refractivity contribution is 7.89. The van der Waals surface area contributed by atoms with Crippen LogP contribution < -0.4 is 10.5 Å². The lowest BCUT2D eigenvalue weighted by Gasteiger charge is -2.08. The van der Waals surface area contributed by atoms with Crippen molar-refractivity contribution in [2.45, 2.75) is 11.4 Å². The van der Waals surface area contributed by atoms with Crippen LogP contribution in [0.1, 0.15) is 5.82 Å². The van der Waals surface area contributed by atoms with Crippen molar-refractivity contribution in [1.29, 1.82) is 0 Å². The van der Waals surface area contributed by atoms with Crippen molar-refractivity contribution in [1.82, 2.24) is 14.7 Å². The van der Waals surface area contributed by atoms with Crippen LogP contribution in [0.4, 0.5) is 5.69 Å². The number of anilines is 1. The lowest BCUT2D eigenvalue weighted by atomic mass is 10.3. The van der Waals surface area contributed by atoms with Crippen LogP contribution in [0, 0.1) is 0 Å². The van der Waals surface area contributed by atoms with Crippen LogP contribution in [-0.4, -0.2) is 18.4 Å². The van der Waals surface area contributed by atoms with E-state index in [1.54, 1.807) is 6.20 Å². The average molecular weight is 287 g/mol. The van der Waals surface area contributed by atoms with E-state index in [9.17, 15) is 8.42 Å². The Bertz CT molecular complexity index is 640. The number of halogens is 1. The average Bonchev–Trinajstić information content (AvgIpc) is 2.83. The lowest BCUT2D eigenvalue weighted by molar-refractivity contribution is 0.580. The summed E-state index contributed by atoms with van der Waals surface area (Å²) in [6.45, 7) is 0.0568. The van der Waals surface area contributed by atoms with Crippen molar-refractivity contribution in [2.24, 2.45) is 0 Å². The topological polar surface area (TPSA) is 101 Å². The number of benzene rings is 1. The van der Waals surface area contributed by atoms with E-state index in [1.807, 2.05) is 0 Å². The third kappa shape index (κ3) is 2.81. The number of aromatic nitrogens is 2. The number of H-pyrrole nitrogens is 1. The van der Waals surface area contributed by atoms with Gasteiger partial charge in [-0.1, -0.05) is 11.6 Å². The van der Waals surface area contributed by atoms with E-state index in [0.29, 0.717) is 10.8 Å². The number of hydrogen-bond donors (Lipinski definition) is 3. The summed E-state index contributed by atoms with van der Waals surface area (Å²) in [6, 6.07) is 4.29. The van der Waals surface area contributed by atoms with Gasteiger partial charge in [0.15, 0.2) is 0 Å². The fourth-order valence-corrected chi connectivity index (χ4v) is 2.76. The third-order valence-electron chi connectivity index (χ3n) is 2.25. The number of hydrogen-bond acceptors (Lipinski definition) is 4. The van der Waals surface area contributed by atoms with E-state index in [-0.39, 0.29) is 17.1 Å². The summed E-state index contributed by atoms with van der Waals surface area (Å²) in [4.78, 5) is 6.66. The molecule has 2 rings (SSSR count). The fraction of sp³-hybridized carbons (Fsp3) is 0.100.